The van der Waals surface area contributed by atoms with Crippen LogP contribution in [-0.2, 0) is 21.2 Å². The van der Waals surface area contributed by atoms with Gasteiger partial charge in [0, 0.05) is 18.7 Å². The lowest BCUT2D eigenvalue weighted by molar-refractivity contribution is -0.0526. The molecule has 1 saturated carbocycles. The van der Waals surface area contributed by atoms with Gasteiger partial charge >= 0.3 is 0 Å². The Balaban J connectivity index is 1.97. The quantitative estimate of drug-likeness (QED) is 0.828. The van der Waals surface area contributed by atoms with Gasteiger partial charge in [-0.25, -0.2) is 13.1 Å². The normalized spacial score (nSPS) is 19.2. The van der Waals surface area contributed by atoms with E-state index >= 15 is 0 Å². The van der Waals surface area contributed by atoms with Crippen LogP contribution in [0.1, 0.15) is 43.2 Å². The lowest BCUT2D eigenvalue weighted by atomic mass is 9.82. The summed E-state index contributed by atoms with van der Waals surface area (Å²) in [5.41, 5.74) is 1.29. The third-order valence-electron chi connectivity index (χ3n) is 4.22. The van der Waals surface area contributed by atoms with Gasteiger partial charge < -0.3 is 9.26 Å². The molecule has 1 unspecified atom stereocenters. The van der Waals surface area contributed by atoms with E-state index in [4.69, 9.17) is 9.26 Å². The van der Waals surface area contributed by atoms with Gasteiger partial charge in [0.25, 0.3) is 0 Å². The van der Waals surface area contributed by atoms with Crippen LogP contribution in [0.4, 0.5) is 0 Å². The predicted octanol–water partition coefficient (Wildman–Crippen LogP) is 1.71. The molecular weight excluding hydrogens is 292 g/mol. The number of aromatic nitrogens is 1. The minimum Gasteiger partial charge on any atom is -0.377 e. The largest absolute Gasteiger partial charge is 0.377 e. The maximum Gasteiger partial charge on any atom is 0.214 e. The van der Waals surface area contributed by atoms with E-state index in [1.807, 2.05) is 20.8 Å². The molecule has 1 atom stereocenters. The van der Waals surface area contributed by atoms with Gasteiger partial charge in [-0.3, -0.25) is 0 Å². The fraction of sp³-hybridized carbons (Fsp3) is 0.786. The Hall–Kier alpha value is -0.920. The topological polar surface area (TPSA) is 81.4 Å². The Morgan fingerprint density at radius 3 is 2.52 bits per heavy atom. The van der Waals surface area contributed by atoms with Gasteiger partial charge in [0.1, 0.15) is 5.76 Å². The number of methoxy groups -OCH3 is 1. The Morgan fingerprint density at radius 1 is 1.43 bits per heavy atom. The molecule has 1 aliphatic carbocycles. The minimum atomic E-state index is -3.37. The van der Waals surface area contributed by atoms with Crippen molar-refractivity contribution in [3.05, 3.63) is 17.0 Å². The van der Waals surface area contributed by atoms with Crippen molar-refractivity contribution in [2.24, 2.45) is 0 Å². The Labute approximate surface area is 126 Å². The van der Waals surface area contributed by atoms with E-state index in [9.17, 15) is 8.42 Å². The van der Waals surface area contributed by atoms with Crippen LogP contribution in [0.3, 0.4) is 0 Å². The number of aryl methyl sites for hydroxylation is 2. The summed E-state index contributed by atoms with van der Waals surface area (Å²) in [6.45, 7) is 5.55. The summed E-state index contributed by atoms with van der Waals surface area (Å²) >= 11 is 0. The second-order valence-corrected chi connectivity index (χ2v) is 7.78. The van der Waals surface area contributed by atoms with Crippen molar-refractivity contribution in [3.63, 3.8) is 0 Å². The molecule has 2 rings (SSSR count). The third-order valence-corrected chi connectivity index (χ3v) is 5.89. The number of nitrogens with one attached hydrogen (secondary N) is 1. The fourth-order valence-corrected chi connectivity index (χ4v) is 4.69. The van der Waals surface area contributed by atoms with Gasteiger partial charge in [0.05, 0.1) is 17.0 Å². The molecule has 1 fully saturated rings. The summed E-state index contributed by atoms with van der Waals surface area (Å²) in [7, 11) is -1.78. The molecule has 120 valence electrons. The average Bonchev–Trinajstić information content (AvgIpc) is 2.65. The highest BCUT2D eigenvalue weighted by Crippen LogP contribution is 2.36. The molecule has 1 aromatic heterocycles. The predicted molar refractivity (Wildman–Crippen MR) is 79.7 cm³/mol. The van der Waals surface area contributed by atoms with Crippen molar-refractivity contribution in [2.75, 3.05) is 12.9 Å². The molecule has 0 amide bonds. The van der Waals surface area contributed by atoms with E-state index in [0.29, 0.717) is 6.42 Å². The van der Waals surface area contributed by atoms with Crippen LogP contribution in [0.2, 0.25) is 0 Å². The lowest BCUT2D eigenvalue weighted by Gasteiger charge is -2.40. The minimum absolute atomic E-state index is 0.0302. The Kier molecular flexibility index (Phi) is 4.75. The van der Waals surface area contributed by atoms with Crippen molar-refractivity contribution in [1.29, 1.82) is 0 Å². The first-order chi connectivity index (χ1) is 9.77. The zero-order chi connectivity index (χ0) is 15.7. The first kappa shape index (κ1) is 16.5. The van der Waals surface area contributed by atoms with E-state index in [1.165, 1.54) is 0 Å². The Bertz CT molecular complexity index is 565. The van der Waals surface area contributed by atoms with Gasteiger partial charge in [0.15, 0.2) is 0 Å². The molecule has 21 heavy (non-hydrogen) atoms. The number of hydrogen-bond donors (Lipinski definition) is 1. The van der Waals surface area contributed by atoms with E-state index in [-0.39, 0.29) is 11.8 Å². The van der Waals surface area contributed by atoms with E-state index in [0.717, 1.165) is 36.3 Å². The first-order valence-corrected chi connectivity index (χ1v) is 8.89. The van der Waals surface area contributed by atoms with Gasteiger partial charge in [-0.1, -0.05) is 5.16 Å². The smallest absolute Gasteiger partial charge is 0.214 e. The fourth-order valence-electron chi connectivity index (χ4n) is 2.81. The van der Waals surface area contributed by atoms with Crippen LogP contribution in [0.5, 0.6) is 0 Å². The summed E-state index contributed by atoms with van der Waals surface area (Å²) in [6, 6.07) is -0.208. The van der Waals surface area contributed by atoms with Crippen molar-refractivity contribution in [1.82, 2.24) is 9.88 Å². The Morgan fingerprint density at radius 2 is 2.10 bits per heavy atom. The maximum absolute atomic E-state index is 12.3. The molecule has 1 N–H and O–H groups in total. The number of rotatable bonds is 7. The van der Waals surface area contributed by atoms with E-state index in [2.05, 4.69) is 9.88 Å². The lowest BCUT2D eigenvalue weighted by Crippen LogP contribution is -2.49. The summed E-state index contributed by atoms with van der Waals surface area (Å²) in [5.74, 6) is 0.772. The summed E-state index contributed by atoms with van der Waals surface area (Å²) in [4.78, 5) is 0. The monoisotopic (exact) mass is 316 g/mol. The summed E-state index contributed by atoms with van der Waals surface area (Å²) in [5, 5.41) is 3.89. The van der Waals surface area contributed by atoms with Gasteiger partial charge in [0.2, 0.25) is 10.0 Å². The van der Waals surface area contributed by atoms with Crippen LogP contribution >= 0.6 is 0 Å². The SMILES string of the molecule is COC1(CS(=O)(=O)NC(C)Cc2c(C)noc2C)CCC1. The number of sulfonamides is 1. The molecule has 1 heterocycles. The maximum atomic E-state index is 12.3. The average molecular weight is 316 g/mol. The molecule has 0 spiro atoms. The summed E-state index contributed by atoms with van der Waals surface area (Å²) < 4.78 is 37.8. The van der Waals surface area contributed by atoms with Crippen molar-refractivity contribution in [2.45, 2.75) is 58.1 Å². The molecular formula is C14H24N2O4S. The zero-order valence-corrected chi connectivity index (χ0v) is 13.9. The van der Waals surface area contributed by atoms with Gasteiger partial charge in [-0.2, -0.15) is 0 Å². The standard InChI is InChI=1S/C14H24N2O4S/c1-10(8-13-11(2)15-20-12(13)3)16-21(17,18)9-14(19-4)6-5-7-14/h10,16H,5-9H2,1-4H3. The van der Waals surface area contributed by atoms with Crippen LogP contribution in [-0.4, -0.2) is 38.1 Å². The van der Waals surface area contributed by atoms with E-state index in [1.54, 1.807) is 7.11 Å². The number of nitrogens with zero attached hydrogens (tertiary/aromatic N) is 1. The van der Waals surface area contributed by atoms with Crippen LogP contribution < -0.4 is 4.72 Å². The van der Waals surface area contributed by atoms with Crippen LogP contribution in [0.25, 0.3) is 0 Å². The third kappa shape index (κ3) is 3.84. The highest BCUT2D eigenvalue weighted by atomic mass is 32.2. The van der Waals surface area contributed by atoms with Crippen LogP contribution in [0.15, 0.2) is 4.52 Å². The molecule has 0 radical (unpaired) electrons. The second-order valence-electron chi connectivity index (χ2n) is 6.03. The molecule has 0 aliphatic heterocycles. The summed E-state index contributed by atoms with van der Waals surface area (Å²) in [6.07, 6.45) is 3.21. The van der Waals surface area contributed by atoms with Crippen molar-refractivity contribution >= 4 is 10.0 Å². The molecule has 0 saturated heterocycles. The molecule has 7 heteroatoms. The van der Waals surface area contributed by atoms with Gasteiger partial charge in [-0.05, 0) is 46.5 Å². The van der Waals surface area contributed by atoms with E-state index < -0.39 is 15.6 Å². The number of hydrogen-bond acceptors (Lipinski definition) is 5. The molecule has 0 aromatic carbocycles. The number of ether oxygens (including phenoxy) is 1. The molecule has 0 bridgehead atoms. The second kappa shape index (κ2) is 6.06. The molecule has 6 nitrogen and oxygen atoms in total. The zero-order valence-electron chi connectivity index (χ0n) is 13.1. The highest BCUT2D eigenvalue weighted by Gasteiger charge is 2.41. The van der Waals surface area contributed by atoms with Crippen LogP contribution in [0, 0.1) is 13.8 Å². The molecule has 1 aromatic rings. The first-order valence-electron chi connectivity index (χ1n) is 7.24. The van der Waals surface area contributed by atoms with Crippen molar-refractivity contribution in [3.8, 4) is 0 Å². The highest BCUT2D eigenvalue weighted by molar-refractivity contribution is 7.89. The van der Waals surface area contributed by atoms with Gasteiger partial charge in [-0.15, -0.1) is 0 Å². The van der Waals surface area contributed by atoms with Crippen molar-refractivity contribution < 1.29 is 17.7 Å². The molecule has 1 aliphatic rings.